The van der Waals surface area contributed by atoms with E-state index in [-0.39, 0.29) is 23.5 Å². The van der Waals surface area contributed by atoms with Crippen molar-refractivity contribution in [3.8, 4) is 10.7 Å². The second-order valence-electron chi connectivity index (χ2n) is 7.44. The van der Waals surface area contributed by atoms with Crippen molar-refractivity contribution < 1.29 is 9.18 Å². The molecule has 1 fully saturated rings. The minimum atomic E-state index is -0.216. The lowest BCUT2D eigenvalue weighted by molar-refractivity contribution is -0.119. The molecular formula is C21H24FN5OS2. The van der Waals surface area contributed by atoms with E-state index in [9.17, 15) is 9.18 Å². The topological polar surface area (TPSA) is 63.1 Å². The maximum absolute atomic E-state index is 14.2. The Balaban J connectivity index is 1.33. The van der Waals surface area contributed by atoms with Gasteiger partial charge in [0, 0.05) is 26.2 Å². The van der Waals surface area contributed by atoms with Crippen LogP contribution in [0, 0.1) is 12.7 Å². The molecule has 1 aliphatic rings. The lowest BCUT2D eigenvalue weighted by atomic mass is 10.0. The van der Waals surface area contributed by atoms with Crippen LogP contribution >= 0.6 is 23.1 Å². The quantitative estimate of drug-likeness (QED) is 0.584. The molecule has 1 aromatic carbocycles. The standard InChI is InChI=1S/C21H24FN5OS2/c1-14-7-8-16(22)17(11-14)27-9-3-5-15(12-27)23-19(28)13-30-21-25-24-20(26(21)2)18-6-4-10-29-18/h4,6-8,10-11,15H,3,5,9,12-13H2,1-2H3,(H,23,28). The number of carbonyl (C=O) groups is 1. The number of carbonyl (C=O) groups excluding carboxylic acids is 1. The van der Waals surface area contributed by atoms with E-state index in [0.29, 0.717) is 17.4 Å². The predicted molar refractivity (Wildman–Crippen MR) is 120 cm³/mol. The number of rotatable bonds is 6. The van der Waals surface area contributed by atoms with E-state index in [1.54, 1.807) is 17.4 Å². The number of hydrogen-bond acceptors (Lipinski definition) is 6. The zero-order chi connectivity index (χ0) is 21.1. The molecule has 0 aliphatic carbocycles. The maximum atomic E-state index is 14.2. The highest BCUT2D eigenvalue weighted by molar-refractivity contribution is 7.99. The molecule has 3 aromatic rings. The third-order valence-corrected chi connectivity index (χ3v) is 7.02. The summed E-state index contributed by atoms with van der Waals surface area (Å²) in [7, 11) is 1.91. The van der Waals surface area contributed by atoms with Crippen LogP contribution in [-0.4, -0.2) is 45.6 Å². The summed E-state index contributed by atoms with van der Waals surface area (Å²) in [6.07, 6.45) is 1.81. The van der Waals surface area contributed by atoms with Crippen LogP contribution in [0.5, 0.6) is 0 Å². The summed E-state index contributed by atoms with van der Waals surface area (Å²) in [6, 6.07) is 9.14. The highest BCUT2D eigenvalue weighted by Gasteiger charge is 2.24. The molecule has 0 spiro atoms. The van der Waals surface area contributed by atoms with E-state index in [0.717, 1.165) is 35.7 Å². The zero-order valence-electron chi connectivity index (χ0n) is 17.0. The van der Waals surface area contributed by atoms with Gasteiger partial charge in [-0.3, -0.25) is 4.79 Å². The molecule has 1 aliphatic heterocycles. The number of piperidine rings is 1. The number of aromatic nitrogens is 3. The van der Waals surface area contributed by atoms with Crippen LogP contribution in [0.3, 0.4) is 0 Å². The van der Waals surface area contributed by atoms with Crippen molar-refractivity contribution in [3.05, 3.63) is 47.1 Å². The molecule has 158 valence electrons. The van der Waals surface area contributed by atoms with Gasteiger partial charge in [-0.1, -0.05) is 23.9 Å². The molecule has 0 bridgehead atoms. The van der Waals surface area contributed by atoms with Gasteiger partial charge in [0.2, 0.25) is 5.91 Å². The molecule has 1 atom stereocenters. The minimum Gasteiger partial charge on any atom is -0.367 e. The number of aryl methyl sites for hydroxylation is 1. The van der Waals surface area contributed by atoms with E-state index in [2.05, 4.69) is 15.5 Å². The summed E-state index contributed by atoms with van der Waals surface area (Å²) < 4.78 is 16.2. The van der Waals surface area contributed by atoms with E-state index in [1.165, 1.54) is 17.8 Å². The molecular weight excluding hydrogens is 421 g/mol. The minimum absolute atomic E-state index is 0.00735. The summed E-state index contributed by atoms with van der Waals surface area (Å²) in [4.78, 5) is 15.6. The van der Waals surface area contributed by atoms with Gasteiger partial charge >= 0.3 is 0 Å². The molecule has 6 nitrogen and oxygen atoms in total. The van der Waals surface area contributed by atoms with Gasteiger partial charge in [-0.2, -0.15) is 0 Å². The Bertz CT molecular complexity index is 1020. The van der Waals surface area contributed by atoms with Crippen LogP contribution in [0.1, 0.15) is 18.4 Å². The Morgan fingerprint density at radius 2 is 2.23 bits per heavy atom. The SMILES string of the molecule is Cc1ccc(F)c(N2CCCC(NC(=O)CSc3nnc(-c4cccs4)n3C)C2)c1. The molecule has 9 heteroatoms. The van der Waals surface area contributed by atoms with Crippen LogP contribution in [0.2, 0.25) is 0 Å². The number of benzene rings is 1. The monoisotopic (exact) mass is 445 g/mol. The number of hydrogen-bond donors (Lipinski definition) is 1. The fraction of sp³-hybridized carbons (Fsp3) is 0.381. The van der Waals surface area contributed by atoms with Gasteiger partial charge in [0.15, 0.2) is 11.0 Å². The Morgan fingerprint density at radius 1 is 1.37 bits per heavy atom. The Kier molecular flexibility index (Phi) is 6.38. The van der Waals surface area contributed by atoms with Gasteiger partial charge in [-0.05, 0) is 48.9 Å². The van der Waals surface area contributed by atoms with Gasteiger partial charge in [0.05, 0.1) is 16.3 Å². The van der Waals surface area contributed by atoms with Crippen LogP contribution in [-0.2, 0) is 11.8 Å². The smallest absolute Gasteiger partial charge is 0.230 e. The highest BCUT2D eigenvalue weighted by Crippen LogP contribution is 2.27. The van der Waals surface area contributed by atoms with E-state index >= 15 is 0 Å². The third kappa shape index (κ3) is 4.67. The molecule has 1 saturated heterocycles. The first-order chi connectivity index (χ1) is 14.5. The largest absolute Gasteiger partial charge is 0.367 e. The average molecular weight is 446 g/mol. The predicted octanol–water partition coefficient (Wildman–Crippen LogP) is 3.87. The number of halogens is 1. The Morgan fingerprint density at radius 3 is 3.03 bits per heavy atom. The summed E-state index contributed by atoms with van der Waals surface area (Å²) in [5, 5.41) is 14.3. The number of nitrogens with one attached hydrogen (secondary N) is 1. The Labute approximate surface area is 183 Å². The second kappa shape index (κ2) is 9.18. The first kappa shape index (κ1) is 20.9. The summed E-state index contributed by atoms with van der Waals surface area (Å²) >= 11 is 2.98. The molecule has 4 rings (SSSR count). The molecule has 2 aromatic heterocycles. The van der Waals surface area contributed by atoms with Gasteiger partial charge in [0.25, 0.3) is 0 Å². The normalized spacial score (nSPS) is 16.6. The molecule has 1 unspecified atom stereocenters. The Hall–Kier alpha value is -2.39. The van der Waals surface area contributed by atoms with Crippen LogP contribution in [0.4, 0.5) is 10.1 Å². The van der Waals surface area contributed by atoms with Crippen molar-refractivity contribution in [2.24, 2.45) is 7.05 Å². The van der Waals surface area contributed by atoms with Crippen molar-refractivity contribution in [1.82, 2.24) is 20.1 Å². The third-order valence-electron chi connectivity index (χ3n) is 5.14. The van der Waals surface area contributed by atoms with E-state index < -0.39 is 0 Å². The zero-order valence-corrected chi connectivity index (χ0v) is 18.6. The summed E-state index contributed by atoms with van der Waals surface area (Å²) in [5.74, 6) is 0.811. The summed E-state index contributed by atoms with van der Waals surface area (Å²) in [5.41, 5.74) is 1.64. The number of thioether (sulfide) groups is 1. The number of amides is 1. The van der Waals surface area contributed by atoms with Crippen molar-refractivity contribution in [3.63, 3.8) is 0 Å². The molecule has 3 heterocycles. The molecule has 1 amide bonds. The van der Waals surface area contributed by atoms with Gasteiger partial charge in [0.1, 0.15) is 5.82 Å². The second-order valence-corrected chi connectivity index (χ2v) is 9.33. The lowest BCUT2D eigenvalue weighted by Crippen LogP contribution is -2.48. The first-order valence-electron chi connectivity index (χ1n) is 9.88. The van der Waals surface area contributed by atoms with Crippen molar-refractivity contribution in [1.29, 1.82) is 0 Å². The van der Waals surface area contributed by atoms with E-state index in [1.807, 2.05) is 47.0 Å². The fourth-order valence-electron chi connectivity index (χ4n) is 3.64. The van der Waals surface area contributed by atoms with Crippen LogP contribution in [0.15, 0.2) is 40.9 Å². The van der Waals surface area contributed by atoms with Crippen molar-refractivity contribution >= 4 is 34.7 Å². The molecule has 0 radical (unpaired) electrons. The van der Waals surface area contributed by atoms with Crippen molar-refractivity contribution in [2.45, 2.75) is 31.0 Å². The summed E-state index contributed by atoms with van der Waals surface area (Å²) in [6.45, 7) is 3.37. The molecule has 1 N–H and O–H groups in total. The molecule has 30 heavy (non-hydrogen) atoms. The highest BCUT2D eigenvalue weighted by atomic mass is 32.2. The number of thiophene rings is 1. The van der Waals surface area contributed by atoms with Gasteiger partial charge in [-0.25, -0.2) is 4.39 Å². The number of nitrogens with zero attached hydrogens (tertiary/aromatic N) is 4. The van der Waals surface area contributed by atoms with Gasteiger partial charge in [-0.15, -0.1) is 21.5 Å². The average Bonchev–Trinajstić information content (AvgIpc) is 3.38. The van der Waals surface area contributed by atoms with E-state index in [4.69, 9.17) is 0 Å². The maximum Gasteiger partial charge on any atom is 0.230 e. The van der Waals surface area contributed by atoms with Crippen LogP contribution < -0.4 is 10.2 Å². The van der Waals surface area contributed by atoms with Gasteiger partial charge < -0.3 is 14.8 Å². The fourth-order valence-corrected chi connectivity index (χ4v) is 5.11. The number of anilines is 1. The first-order valence-corrected chi connectivity index (χ1v) is 11.7. The van der Waals surface area contributed by atoms with Crippen LogP contribution in [0.25, 0.3) is 10.7 Å². The molecule has 0 saturated carbocycles. The van der Waals surface area contributed by atoms with Crippen molar-refractivity contribution in [2.75, 3.05) is 23.7 Å². The lowest BCUT2D eigenvalue weighted by Gasteiger charge is -2.35.